The van der Waals surface area contributed by atoms with E-state index >= 15 is 0 Å². The van der Waals surface area contributed by atoms with Gasteiger partial charge in [0, 0.05) is 18.7 Å². The maximum absolute atomic E-state index is 13.6. The van der Waals surface area contributed by atoms with Crippen molar-refractivity contribution in [3.8, 4) is 11.3 Å². The van der Waals surface area contributed by atoms with Gasteiger partial charge in [-0.25, -0.2) is 22.5 Å². The number of benzene rings is 1. The molecule has 0 aliphatic carbocycles. The smallest absolute Gasteiger partial charge is 0.254 e. The van der Waals surface area contributed by atoms with Crippen molar-refractivity contribution in [1.29, 1.82) is 0 Å². The van der Waals surface area contributed by atoms with Crippen LogP contribution in [0.5, 0.6) is 0 Å². The molecular weight excluding hydrogens is 443 g/mol. The molecule has 1 amide bonds. The number of carbonyl (C=O) groups is 1. The molecule has 0 N–H and O–H groups in total. The van der Waals surface area contributed by atoms with Gasteiger partial charge in [-0.1, -0.05) is 6.92 Å². The molecule has 1 aromatic carbocycles. The number of aryl methyl sites for hydroxylation is 1. The fourth-order valence-corrected chi connectivity index (χ4v) is 6.55. The van der Waals surface area contributed by atoms with Gasteiger partial charge in [-0.15, -0.1) is 0 Å². The summed E-state index contributed by atoms with van der Waals surface area (Å²) in [5, 5.41) is 5.31. The van der Waals surface area contributed by atoms with E-state index in [1.165, 1.54) is 12.1 Å². The topological polar surface area (TPSA) is 85.2 Å². The van der Waals surface area contributed by atoms with Crippen LogP contribution < -0.4 is 0 Å². The van der Waals surface area contributed by atoms with Gasteiger partial charge in [-0.2, -0.15) is 5.10 Å². The van der Waals surface area contributed by atoms with Gasteiger partial charge in [0.05, 0.1) is 39.9 Å². The van der Waals surface area contributed by atoms with E-state index in [0.717, 1.165) is 12.8 Å². The molecule has 9 heteroatoms. The number of rotatable bonds is 3. The minimum Gasteiger partial charge on any atom is -0.339 e. The van der Waals surface area contributed by atoms with Crippen molar-refractivity contribution in [2.75, 3.05) is 24.6 Å². The van der Waals surface area contributed by atoms with Crippen LogP contribution in [-0.4, -0.2) is 58.6 Å². The molecule has 0 bridgehead atoms. The SMILES string of the molecule is Cc1nn(C2CCS(=O)(=O)C2)c2nc(-c3ccc(F)cc3)cc(C(=O)N3CCC(C)CC3)c12. The van der Waals surface area contributed by atoms with E-state index in [2.05, 4.69) is 12.0 Å². The average Bonchev–Trinajstić information content (AvgIpc) is 3.32. The van der Waals surface area contributed by atoms with Crippen LogP contribution in [0.25, 0.3) is 22.3 Å². The van der Waals surface area contributed by atoms with Crippen molar-refractivity contribution in [2.24, 2.45) is 5.92 Å². The Bertz CT molecular complexity index is 1330. The molecule has 3 aromatic rings. The number of likely N-dealkylation sites (tertiary alicyclic amines) is 1. The second-order valence-electron chi connectivity index (χ2n) is 9.32. The number of amides is 1. The van der Waals surface area contributed by atoms with Gasteiger partial charge >= 0.3 is 0 Å². The summed E-state index contributed by atoms with van der Waals surface area (Å²) in [7, 11) is -3.12. The van der Waals surface area contributed by atoms with E-state index < -0.39 is 9.84 Å². The first-order valence-corrected chi connectivity index (χ1v) is 13.2. The predicted octanol–water partition coefficient (Wildman–Crippen LogP) is 3.78. The number of fused-ring (bicyclic) bond motifs is 1. The Morgan fingerprint density at radius 3 is 2.45 bits per heavy atom. The van der Waals surface area contributed by atoms with Crippen molar-refractivity contribution in [3.63, 3.8) is 0 Å². The Kier molecular flexibility index (Phi) is 5.47. The van der Waals surface area contributed by atoms with E-state index in [9.17, 15) is 17.6 Å². The van der Waals surface area contributed by atoms with Crippen LogP contribution in [-0.2, 0) is 9.84 Å². The minimum absolute atomic E-state index is 0.0129. The molecule has 4 heterocycles. The van der Waals surface area contributed by atoms with Crippen molar-refractivity contribution in [1.82, 2.24) is 19.7 Å². The minimum atomic E-state index is -3.12. The first-order valence-electron chi connectivity index (χ1n) is 11.4. The Morgan fingerprint density at radius 2 is 1.82 bits per heavy atom. The van der Waals surface area contributed by atoms with Crippen molar-refractivity contribution >= 4 is 26.8 Å². The van der Waals surface area contributed by atoms with Crippen LogP contribution in [0.2, 0.25) is 0 Å². The van der Waals surface area contributed by atoms with Gasteiger partial charge in [-0.3, -0.25) is 4.79 Å². The molecule has 0 spiro atoms. The van der Waals surface area contributed by atoms with Crippen LogP contribution in [0.3, 0.4) is 0 Å². The lowest BCUT2D eigenvalue weighted by Crippen LogP contribution is -2.38. The van der Waals surface area contributed by atoms with Gasteiger partial charge in [0.2, 0.25) is 0 Å². The molecule has 5 rings (SSSR count). The summed E-state index contributed by atoms with van der Waals surface area (Å²) < 4.78 is 39.5. The number of hydrogen-bond acceptors (Lipinski definition) is 5. The van der Waals surface area contributed by atoms with E-state index in [4.69, 9.17) is 4.98 Å². The third-order valence-electron chi connectivity index (χ3n) is 6.83. The monoisotopic (exact) mass is 470 g/mol. The normalized spacial score (nSPS) is 21.1. The molecule has 7 nitrogen and oxygen atoms in total. The molecule has 0 saturated carbocycles. The lowest BCUT2D eigenvalue weighted by atomic mass is 9.97. The number of nitrogens with zero attached hydrogens (tertiary/aromatic N) is 4. The predicted molar refractivity (Wildman–Crippen MR) is 124 cm³/mol. The number of aromatic nitrogens is 3. The molecule has 1 atom stereocenters. The zero-order valence-corrected chi connectivity index (χ0v) is 19.6. The lowest BCUT2D eigenvalue weighted by Gasteiger charge is -2.30. The Morgan fingerprint density at radius 1 is 1.12 bits per heavy atom. The molecule has 2 fully saturated rings. The number of hydrogen-bond donors (Lipinski definition) is 0. The van der Waals surface area contributed by atoms with E-state index in [1.807, 2.05) is 11.8 Å². The molecule has 174 valence electrons. The third kappa shape index (κ3) is 4.14. The molecule has 2 saturated heterocycles. The zero-order valence-electron chi connectivity index (χ0n) is 18.8. The highest BCUT2D eigenvalue weighted by molar-refractivity contribution is 7.91. The molecule has 0 radical (unpaired) electrons. The highest BCUT2D eigenvalue weighted by atomic mass is 32.2. The number of pyridine rings is 1. The summed E-state index contributed by atoms with van der Waals surface area (Å²) in [6.07, 6.45) is 2.39. The standard InChI is InChI=1S/C24H27FN4O3S/c1-15-7-10-28(11-8-15)24(30)20-13-21(17-3-5-18(25)6-4-17)26-23-22(20)16(2)27-29(23)19-9-12-33(31,32)14-19/h3-6,13,15,19H,7-12,14H2,1-2H3. The van der Waals surface area contributed by atoms with Gasteiger partial charge in [0.25, 0.3) is 5.91 Å². The largest absolute Gasteiger partial charge is 0.339 e. The highest BCUT2D eigenvalue weighted by Crippen LogP contribution is 2.33. The van der Waals surface area contributed by atoms with Gasteiger partial charge in [0.15, 0.2) is 15.5 Å². The van der Waals surface area contributed by atoms with Crippen molar-refractivity contribution < 1.29 is 17.6 Å². The van der Waals surface area contributed by atoms with Gasteiger partial charge < -0.3 is 4.90 Å². The zero-order chi connectivity index (χ0) is 23.3. The fourth-order valence-electron chi connectivity index (χ4n) is 4.86. The molecule has 33 heavy (non-hydrogen) atoms. The summed E-state index contributed by atoms with van der Waals surface area (Å²) in [4.78, 5) is 20.3. The average molecular weight is 471 g/mol. The quantitative estimate of drug-likeness (QED) is 0.582. The first-order chi connectivity index (χ1) is 15.7. The van der Waals surface area contributed by atoms with E-state index in [1.54, 1.807) is 22.9 Å². The summed E-state index contributed by atoms with van der Waals surface area (Å²) in [6.45, 7) is 5.42. The van der Waals surface area contributed by atoms with Crippen LogP contribution in [0, 0.1) is 18.7 Å². The van der Waals surface area contributed by atoms with Crippen LogP contribution in [0.4, 0.5) is 4.39 Å². The fraction of sp³-hybridized carbons (Fsp3) is 0.458. The summed E-state index contributed by atoms with van der Waals surface area (Å²) in [6, 6.07) is 7.44. The maximum atomic E-state index is 13.6. The Balaban J connectivity index is 1.67. The maximum Gasteiger partial charge on any atom is 0.254 e. The summed E-state index contributed by atoms with van der Waals surface area (Å²) in [5.74, 6) is 0.303. The summed E-state index contributed by atoms with van der Waals surface area (Å²) >= 11 is 0. The first kappa shape index (κ1) is 22.0. The number of halogens is 1. The number of sulfone groups is 1. The second kappa shape index (κ2) is 8.20. The molecule has 1 unspecified atom stereocenters. The van der Waals surface area contributed by atoms with Crippen LogP contribution in [0.1, 0.15) is 48.3 Å². The second-order valence-corrected chi connectivity index (χ2v) is 11.6. The van der Waals surface area contributed by atoms with Crippen LogP contribution in [0.15, 0.2) is 30.3 Å². The Labute approximate surface area is 192 Å². The number of piperidine rings is 1. The van der Waals surface area contributed by atoms with Gasteiger partial charge in [0.1, 0.15) is 5.82 Å². The molecular formula is C24H27FN4O3S. The Hall–Kier alpha value is -2.81. The number of carbonyl (C=O) groups excluding carboxylic acids is 1. The van der Waals surface area contributed by atoms with E-state index in [0.29, 0.717) is 59.0 Å². The van der Waals surface area contributed by atoms with Crippen molar-refractivity contribution in [3.05, 3.63) is 47.4 Å². The third-order valence-corrected chi connectivity index (χ3v) is 8.58. The molecule has 2 aliphatic rings. The molecule has 2 aromatic heterocycles. The molecule has 2 aliphatic heterocycles. The van der Waals surface area contributed by atoms with Gasteiger partial charge in [-0.05, 0) is 62.4 Å². The van der Waals surface area contributed by atoms with Crippen molar-refractivity contribution in [2.45, 2.75) is 39.2 Å². The van der Waals surface area contributed by atoms with Crippen LogP contribution >= 0.6 is 0 Å². The van der Waals surface area contributed by atoms with E-state index in [-0.39, 0.29) is 29.3 Å². The lowest BCUT2D eigenvalue weighted by molar-refractivity contribution is 0.0699. The highest BCUT2D eigenvalue weighted by Gasteiger charge is 2.33. The summed E-state index contributed by atoms with van der Waals surface area (Å²) in [5.41, 5.74) is 2.90.